The minimum absolute atomic E-state index is 0.762. The summed E-state index contributed by atoms with van der Waals surface area (Å²) in [5.41, 5.74) is 4.57. The fraction of sp³-hybridized carbons (Fsp3) is 0.167. The van der Waals surface area contributed by atoms with Crippen molar-refractivity contribution < 1.29 is 0 Å². The van der Waals surface area contributed by atoms with Gasteiger partial charge in [-0.05, 0) is 29.8 Å². The highest BCUT2D eigenvalue weighted by molar-refractivity contribution is 5.77. The molecular weight excluding hydrogens is 272 g/mol. The molecule has 0 aliphatic carbocycles. The van der Waals surface area contributed by atoms with E-state index in [0.29, 0.717) is 0 Å². The van der Waals surface area contributed by atoms with Crippen LogP contribution in [-0.4, -0.2) is 23.1 Å². The molecule has 2 heterocycles. The number of hydrogen-bond donors (Lipinski definition) is 2. The van der Waals surface area contributed by atoms with Crippen LogP contribution in [0.1, 0.15) is 5.56 Å². The van der Waals surface area contributed by atoms with Gasteiger partial charge in [-0.15, -0.1) is 0 Å². The van der Waals surface area contributed by atoms with Crippen molar-refractivity contribution in [3.8, 4) is 0 Å². The topological polar surface area (TPSA) is 44.0 Å². The highest BCUT2D eigenvalue weighted by Gasteiger charge is 2.07. The number of para-hydroxylation sites is 2. The average Bonchev–Trinajstić information content (AvgIpc) is 3.22. The van der Waals surface area contributed by atoms with E-state index in [9.17, 15) is 0 Å². The summed E-state index contributed by atoms with van der Waals surface area (Å²) >= 11 is 0. The van der Waals surface area contributed by atoms with Crippen LogP contribution in [-0.2, 0) is 6.54 Å². The van der Waals surface area contributed by atoms with Crippen molar-refractivity contribution in [3.63, 3.8) is 0 Å². The van der Waals surface area contributed by atoms with Gasteiger partial charge in [-0.2, -0.15) is 0 Å². The normalized spacial score (nSPS) is 13.9. The molecule has 0 bridgehead atoms. The molecule has 0 atom stereocenters. The van der Waals surface area contributed by atoms with E-state index >= 15 is 0 Å². The number of H-pyrrole nitrogens is 1. The summed E-state index contributed by atoms with van der Waals surface area (Å²) in [6.07, 6.45) is 4.41. The van der Waals surface area contributed by atoms with Crippen molar-refractivity contribution in [2.45, 2.75) is 6.54 Å². The molecule has 0 fully saturated rings. The van der Waals surface area contributed by atoms with Gasteiger partial charge in [-0.25, -0.2) is 4.98 Å². The van der Waals surface area contributed by atoms with E-state index in [4.69, 9.17) is 0 Å². The zero-order chi connectivity index (χ0) is 14.8. The maximum absolute atomic E-state index is 4.53. The minimum atomic E-state index is 0.762. The SMILES string of the molecule is C1=CCN(c2ccc(CNc3nc4ccccc4[nH]3)cc2)C1. The Labute approximate surface area is 129 Å². The summed E-state index contributed by atoms with van der Waals surface area (Å²) in [6.45, 7) is 2.78. The van der Waals surface area contributed by atoms with Crippen LogP contribution in [0.25, 0.3) is 11.0 Å². The van der Waals surface area contributed by atoms with Gasteiger partial charge in [0.2, 0.25) is 5.95 Å². The zero-order valence-electron chi connectivity index (χ0n) is 12.3. The van der Waals surface area contributed by atoms with Gasteiger partial charge >= 0.3 is 0 Å². The highest BCUT2D eigenvalue weighted by atomic mass is 15.1. The standard InChI is InChI=1S/C18H18N4/c1-2-6-17-16(5-1)20-18(21-17)19-13-14-7-9-15(10-8-14)22-11-3-4-12-22/h1-10H,11-13H2,(H2,19,20,21). The Kier molecular flexibility index (Phi) is 3.27. The Hall–Kier alpha value is -2.75. The van der Waals surface area contributed by atoms with Crippen LogP contribution in [0.3, 0.4) is 0 Å². The van der Waals surface area contributed by atoms with Gasteiger partial charge in [0.15, 0.2) is 0 Å². The minimum Gasteiger partial charge on any atom is -0.364 e. The molecule has 3 aromatic rings. The van der Waals surface area contributed by atoms with Crippen LogP contribution < -0.4 is 10.2 Å². The molecule has 1 aliphatic heterocycles. The molecule has 0 unspecified atom stereocenters. The van der Waals surface area contributed by atoms with Gasteiger partial charge in [0.1, 0.15) is 0 Å². The first kappa shape index (κ1) is 13.0. The van der Waals surface area contributed by atoms with E-state index in [2.05, 4.69) is 56.6 Å². The number of aromatic nitrogens is 2. The third-order valence-corrected chi connectivity index (χ3v) is 3.97. The largest absolute Gasteiger partial charge is 0.364 e. The Bertz CT molecular complexity index is 760. The predicted molar refractivity (Wildman–Crippen MR) is 91.2 cm³/mol. The van der Waals surface area contributed by atoms with Gasteiger partial charge < -0.3 is 15.2 Å². The molecule has 0 radical (unpaired) electrons. The van der Waals surface area contributed by atoms with Crippen molar-refractivity contribution in [1.82, 2.24) is 9.97 Å². The first-order chi connectivity index (χ1) is 10.9. The highest BCUT2D eigenvalue weighted by Crippen LogP contribution is 2.18. The Balaban J connectivity index is 1.42. The third-order valence-electron chi connectivity index (χ3n) is 3.97. The van der Waals surface area contributed by atoms with E-state index in [1.54, 1.807) is 0 Å². The first-order valence-electron chi connectivity index (χ1n) is 7.56. The molecule has 2 N–H and O–H groups in total. The maximum Gasteiger partial charge on any atom is 0.201 e. The van der Waals surface area contributed by atoms with Crippen LogP contribution in [0.15, 0.2) is 60.7 Å². The summed E-state index contributed by atoms with van der Waals surface area (Å²) in [4.78, 5) is 10.2. The second-order valence-corrected chi connectivity index (χ2v) is 5.50. The van der Waals surface area contributed by atoms with E-state index in [1.165, 1.54) is 11.3 Å². The zero-order valence-corrected chi connectivity index (χ0v) is 12.3. The second-order valence-electron chi connectivity index (χ2n) is 5.50. The molecule has 4 nitrogen and oxygen atoms in total. The number of anilines is 2. The number of nitrogens with zero attached hydrogens (tertiary/aromatic N) is 2. The lowest BCUT2D eigenvalue weighted by Crippen LogP contribution is -2.18. The lowest BCUT2D eigenvalue weighted by atomic mass is 10.2. The molecular formula is C18H18N4. The number of nitrogens with one attached hydrogen (secondary N) is 2. The average molecular weight is 290 g/mol. The fourth-order valence-corrected chi connectivity index (χ4v) is 2.74. The molecule has 110 valence electrons. The van der Waals surface area contributed by atoms with E-state index in [-0.39, 0.29) is 0 Å². The lowest BCUT2D eigenvalue weighted by molar-refractivity contribution is 1.00. The molecule has 0 saturated heterocycles. The van der Waals surface area contributed by atoms with Gasteiger partial charge in [-0.3, -0.25) is 0 Å². The Morgan fingerprint density at radius 1 is 1.00 bits per heavy atom. The third kappa shape index (κ3) is 2.55. The molecule has 0 spiro atoms. The second kappa shape index (κ2) is 5.56. The fourth-order valence-electron chi connectivity index (χ4n) is 2.74. The molecule has 2 aromatic carbocycles. The molecule has 1 aliphatic rings. The van der Waals surface area contributed by atoms with Gasteiger partial charge in [0.05, 0.1) is 11.0 Å². The molecule has 22 heavy (non-hydrogen) atoms. The molecule has 0 saturated carbocycles. The summed E-state index contributed by atoms with van der Waals surface area (Å²) < 4.78 is 0. The van der Waals surface area contributed by atoms with Crippen molar-refractivity contribution >= 4 is 22.7 Å². The number of imidazole rings is 1. The van der Waals surface area contributed by atoms with Gasteiger partial charge in [0.25, 0.3) is 0 Å². The van der Waals surface area contributed by atoms with Crippen molar-refractivity contribution in [3.05, 3.63) is 66.2 Å². The van der Waals surface area contributed by atoms with Crippen molar-refractivity contribution in [2.75, 3.05) is 23.3 Å². The maximum atomic E-state index is 4.53. The van der Waals surface area contributed by atoms with Crippen LogP contribution in [0, 0.1) is 0 Å². The van der Waals surface area contributed by atoms with Gasteiger partial charge in [-0.1, -0.05) is 36.4 Å². The molecule has 1 aromatic heterocycles. The number of benzene rings is 2. The van der Waals surface area contributed by atoms with E-state index in [1.807, 2.05) is 24.3 Å². The summed E-state index contributed by atoms with van der Waals surface area (Å²) in [7, 11) is 0. The predicted octanol–water partition coefficient (Wildman–Crippen LogP) is 3.55. The van der Waals surface area contributed by atoms with Gasteiger partial charge in [0, 0.05) is 25.3 Å². The van der Waals surface area contributed by atoms with Crippen molar-refractivity contribution in [1.29, 1.82) is 0 Å². The number of hydrogen-bond acceptors (Lipinski definition) is 3. The monoisotopic (exact) mass is 290 g/mol. The number of fused-ring (bicyclic) bond motifs is 1. The summed E-state index contributed by atoms with van der Waals surface area (Å²) in [5, 5.41) is 3.35. The van der Waals surface area contributed by atoms with Crippen LogP contribution >= 0.6 is 0 Å². The quantitative estimate of drug-likeness (QED) is 0.722. The smallest absolute Gasteiger partial charge is 0.201 e. The van der Waals surface area contributed by atoms with Crippen LogP contribution in [0.2, 0.25) is 0 Å². The first-order valence-corrected chi connectivity index (χ1v) is 7.56. The Morgan fingerprint density at radius 3 is 2.55 bits per heavy atom. The van der Waals surface area contributed by atoms with Crippen molar-refractivity contribution in [2.24, 2.45) is 0 Å². The number of aromatic amines is 1. The van der Waals surface area contributed by atoms with E-state index < -0.39 is 0 Å². The van der Waals surface area contributed by atoms with Crippen LogP contribution in [0.4, 0.5) is 11.6 Å². The number of rotatable bonds is 4. The summed E-state index contributed by atoms with van der Waals surface area (Å²) in [5.74, 6) is 0.814. The van der Waals surface area contributed by atoms with Crippen LogP contribution in [0.5, 0.6) is 0 Å². The van der Waals surface area contributed by atoms with E-state index in [0.717, 1.165) is 36.6 Å². The molecule has 0 amide bonds. The lowest BCUT2D eigenvalue weighted by Gasteiger charge is -2.17. The summed E-state index contributed by atoms with van der Waals surface area (Å²) in [6, 6.07) is 16.8. The Morgan fingerprint density at radius 2 is 1.77 bits per heavy atom. The molecule has 4 heteroatoms. The molecule has 4 rings (SSSR count).